The Labute approximate surface area is 101 Å². The van der Waals surface area contributed by atoms with E-state index in [1.807, 2.05) is 39.7 Å². The van der Waals surface area contributed by atoms with Crippen LogP contribution in [0.1, 0.15) is 4.88 Å². The van der Waals surface area contributed by atoms with Crippen LogP contribution in [0.3, 0.4) is 0 Å². The van der Waals surface area contributed by atoms with E-state index < -0.39 is 0 Å². The third-order valence-electron chi connectivity index (χ3n) is 2.43. The summed E-state index contributed by atoms with van der Waals surface area (Å²) in [6.45, 7) is 0.690. The van der Waals surface area contributed by atoms with E-state index in [9.17, 15) is 4.79 Å². The molecule has 0 spiro atoms. The van der Waals surface area contributed by atoms with Crippen LogP contribution in [0.25, 0.3) is 10.1 Å². The zero-order valence-electron chi connectivity index (χ0n) is 8.42. The van der Waals surface area contributed by atoms with Crippen LogP contribution < -0.4 is 5.56 Å². The lowest BCUT2D eigenvalue weighted by atomic mass is 10.3. The number of nitrogens with zero attached hydrogens (tertiary/aromatic N) is 1. The second-order valence-electron chi connectivity index (χ2n) is 3.51. The lowest BCUT2D eigenvalue weighted by Crippen LogP contribution is -2.12. The summed E-state index contributed by atoms with van der Waals surface area (Å²) in [4.78, 5) is 13.2. The normalized spacial score (nSPS) is 11.0. The van der Waals surface area contributed by atoms with Gasteiger partial charge in [0.1, 0.15) is 0 Å². The first-order valence-electron chi connectivity index (χ1n) is 4.96. The van der Waals surface area contributed by atoms with Crippen molar-refractivity contribution in [3.63, 3.8) is 0 Å². The highest BCUT2D eigenvalue weighted by molar-refractivity contribution is 7.14. The van der Waals surface area contributed by atoms with E-state index in [0.29, 0.717) is 6.54 Å². The van der Waals surface area contributed by atoms with Crippen LogP contribution in [-0.2, 0) is 6.54 Å². The Balaban J connectivity index is 2.11. The largest absolute Gasteiger partial charge is 0.268 e. The summed E-state index contributed by atoms with van der Waals surface area (Å²) in [5, 5.41) is 2.86. The van der Waals surface area contributed by atoms with Gasteiger partial charge in [0.15, 0.2) is 0 Å². The van der Waals surface area contributed by atoms with Gasteiger partial charge in [0.25, 0.3) is 5.56 Å². The molecule has 0 saturated heterocycles. The lowest BCUT2D eigenvalue weighted by Gasteiger charge is -1.95. The Hall–Kier alpha value is -1.39. The maximum atomic E-state index is 12.0. The number of hydrogen-bond acceptors (Lipinski definition) is 3. The fraction of sp³-hybridized carbons (Fsp3) is 0.0833. The van der Waals surface area contributed by atoms with E-state index in [4.69, 9.17) is 0 Å². The molecule has 2 aromatic heterocycles. The standard InChI is InChI=1S/C12H9NOS2/c14-12-10-5-1-2-6-11(10)16-13(12)8-9-4-3-7-15-9/h1-7H,8H2. The second-order valence-corrected chi connectivity index (χ2v) is 5.60. The van der Waals surface area contributed by atoms with Gasteiger partial charge in [0, 0.05) is 4.88 Å². The minimum absolute atomic E-state index is 0.119. The third kappa shape index (κ3) is 1.60. The molecule has 0 aliphatic rings. The predicted molar refractivity (Wildman–Crippen MR) is 69.5 cm³/mol. The van der Waals surface area contributed by atoms with Gasteiger partial charge in [-0.25, -0.2) is 0 Å². The molecule has 80 valence electrons. The van der Waals surface area contributed by atoms with Gasteiger partial charge in [0.2, 0.25) is 0 Å². The number of rotatable bonds is 2. The molecule has 0 radical (unpaired) electrons. The summed E-state index contributed by atoms with van der Waals surface area (Å²) in [6.07, 6.45) is 0. The average molecular weight is 247 g/mol. The molecule has 3 rings (SSSR count). The van der Waals surface area contributed by atoms with Crippen molar-refractivity contribution in [1.82, 2.24) is 3.96 Å². The fourth-order valence-corrected chi connectivity index (χ4v) is 3.46. The molecule has 16 heavy (non-hydrogen) atoms. The molecule has 4 heteroatoms. The van der Waals surface area contributed by atoms with E-state index in [-0.39, 0.29) is 5.56 Å². The van der Waals surface area contributed by atoms with Gasteiger partial charge < -0.3 is 0 Å². The molecular weight excluding hydrogens is 238 g/mol. The monoisotopic (exact) mass is 247 g/mol. The molecule has 1 aromatic carbocycles. The van der Waals surface area contributed by atoms with E-state index in [1.165, 1.54) is 16.4 Å². The Morgan fingerprint density at radius 2 is 2.00 bits per heavy atom. The highest BCUT2D eigenvalue weighted by Gasteiger charge is 2.07. The minimum atomic E-state index is 0.119. The van der Waals surface area contributed by atoms with Gasteiger partial charge in [-0.1, -0.05) is 29.7 Å². The first-order chi connectivity index (χ1) is 7.84. The quantitative estimate of drug-likeness (QED) is 0.681. The molecule has 0 atom stereocenters. The van der Waals surface area contributed by atoms with Crippen LogP contribution in [0, 0.1) is 0 Å². The first-order valence-corrected chi connectivity index (χ1v) is 6.61. The van der Waals surface area contributed by atoms with E-state index in [1.54, 1.807) is 11.3 Å². The zero-order valence-corrected chi connectivity index (χ0v) is 10.1. The number of fused-ring (bicyclic) bond motifs is 1. The van der Waals surface area contributed by atoms with E-state index >= 15 is 0 Å². The predicted octanol–water partition coefficient (Wildman–Crippen LogP) is 3.17. The van der Waals surface area contributed by atoms with Crippen LogP contribution in [0.5, 0.6) is 0 Å². The van der Waals surface area contributed by atoms with Crippen LogP contribution in [0.2, 0.25) is 0 Å². The number of thiophene rings is 1. The van der Waals surface area contributed by atoms with Gasteiger partial charge in [-0.3, -0.25) is 8.75 Å². The van der Waals surface area contributed by atoms with Gasteiger partial charge >= 0.3 is 0 Å². The van der Waals surface area contributed by atoms with Crippen molar-refractivity contribution < 1.29 is 0 Å². The first kappa shape index (κ1) is 9.81. The maximum Gasteiger partial charge on any atom is 0.268 e. The summed E-state index contributed by atoms with van der Waals surface area (Å²) in [6, 6.07) is 11.8. The van der Waals surface area contributed by atoms with Crippen molar-refractivity contribution >= 4 is 33.0 Å². The molecule has 0 saturated carbocycles. The smallest absolute Gasteiger partial charge is 0.268 e. The molecule has 2 heterocycles. The van der Waals surface area contributed by atoms with Crippen molar-refractivity contribution in [2.24, 2.45) is 0 Å². The molecule has 0 fully saturated rings. The Kier molecular flexibility index (Phi) is 2.38. The van der Waals surface area contributed by atoms with E-state index in [2.05, 4.69) is 6.07 Å². The van der Waals surface area contributed by atoms with Crippen molar-refractivity contribution in [2.45, 2.75) is 6.54 Å². The molecule has 2 nitrogen and oxygen atoms in total. The fourth-order valence-electron chi connectivity index (χ4n) is 1.67. The zero-order chi connectivity index (χ0) is 11.0. The van der Waals surface area contributed by atoms with Gasteiger partial charge in [0.05, 0.1) is 16.6 Å². The third-order valence-corrected chi connectivity index (χ3v) is 4.36. The Morgan fingerprint density at radius 1 is 1.12 bits per heavy atom. The highest BCUT2D eigenvalue weighted by atomic mass is 32.1. The van der Waals surface area contributed by atoms with Gasteiger partial charge in [-0.2, -0.15) is 0 Å². The summed E-state index contributed by atoms with van der Waals surface area (Å²) in [7, 11) is 0. The Morgan fingerprint density at radius 3 is 2.75 bits per heavy atom. The average Bonchev–Trinajstić information content (AvgIpc) is 2.90. The summed E-state index contributed by atoms with van der Waals surface area (Å²) >= 11 is 3.22. The van der Waals surface area contributed by atoms with Crippen LogP contribution in [0.15, 0.2) is 46.6 Å². The maximum absolute atomic E-state index is 12.0. The Bertz CT molecular complexity index is 664. The molecule has 0 N–H and O–H groups in total. The van der Waals surface area contributed by atoms with Crippen LogP contribution >= 0.6 is 22.9 Å². The lowest BCUT2D eigenvalue weighted by molar-refractivity contribution is 0.870. The van der Waals surface area contributed by atoms with Gasteiger partial charge in [-0.05, 0) is 23.6 Å². The SMILES string of the molecule is O=c1c2ccccc2sn1Cc1cccs1. The second kappa shape index (κ2) is 3.88. The van der Waals surface area contributed by atoms with Gasteiger partial charge in [-0.15, -0.1) is 11.3 Å². The van der Waals surface area contributed by atoms with Crippen molar-refractivity contribution in [1.29, 1.82) is 0 Å². The summed E-state index contributed by atoms with van der Waals surface area (Å²) in [5.41, 5.74) is 0.119. The molecule has 0 aliphatic carbocycles. The van der Waals surface area contributed by atoms with Crippen molar-refractivity contribution in [2.75, 3.05) is 0 Å². The van der Waals surface area contributed by atoms with E-state index in [0.717, 1.165) is 10.1 Å². The van der Waals surface area contributed by atoms with Crippen molar-refractivity contribution in [3.05, 3.63) is 57.0 Å². The molecule has 0 aliphatic heterocycles. The topological polar surface area (TPSA) is 22.0 Å². The van der Waals surface area contributed by atoms with Crippen LogP contribution in [-0.4, -0.2) is 3.96 Å². The molecule has 0 bridgehead atoms. The molecular formula is C12H9NOS2. The van der Waals surface area contributed by atoms with Crippen LogP contribution in [0.4, 0.5) is 0 Å². The number of aromatic nitrogens is 1. The van der Waals surface area contributed by atoms with Crippen molar-refractivity contribution in [3.8, 4) is 0 Å². The number of benzene rings is 1. The molecule has 3 aromatic rings. The molecule has 0 unspecified atom stereocenters. The highest BCUT2D eigenvalue weighted by Crippen LogP contribution is 2.18. The minimum Gasteiger partial charge on any atom is -0.268 e. The summed E-state index contributed by atoms with van der Waals surface area (Å²) < 4.78 is 2.88. The summed E-state index contributed by atoms with van der Waals surface area (Å²) in [5.74, 6) is 0. The number of hydrogen-bond donors (Lipinski definition) is 0. The molecule has 0 amide bonds.